The smallest absolute Gasteiger partial charge is 0.228 e. The molecule has 1 fully saturated rings. The molecule has 5 nitrogen and oxygen atoms in total. The number of hydrogen-bond donors (Lipinski definition) is 2. The summed E-state index contributed by atoms with van der Waals surface area (Å²) in [4.78, 5) is 26.6. The van der Waals surface area contributed by atoms with Crippen molar-refractivity contribution in [3.05, 3.63) is 59.2 Å². The first-order chi connectivity index (χ1) is 14.1. The van der Waals surface area contributed by atoms with E-state index in [0.717, 1.165) is 61.2 Å². The Morgan fingerprint density at radius 1 is 1.10 bits per heavy atom. The SMILES string of the molecule is O=C1Cc2cc(C(=O)CCC3CCCN(c4ccc(CO)cc4)CC3)ccc2N1. The molecule has 1 atom stereocenters. The molecule has 0 spiro atoms. The molecule has 0 aliphatic carbocycles. The first-order valence-electron chi connectivity index (χ1n) is 10.5. The summed E-state index contributed by atoms with van der Waals surface area (Å²) in [5.41, 5.74) is 4.63. The second-order valence-corrected chi connectivity index (χ2v) is 8.17. The van der Waals surface area contributed by atoms with Gasteiger partial charge in [0.05, 0.1) is 13.0 Å². The zero-order valence-electron chi connectivity index (χ0n) is 16.7. The summed E-state index contributed by atoms with van der Waals surface area (Å²) >= 11 is 0. The zero-order chi connectivity index (χ0) is 20.2. The maximum atomic E-state index is 12.7. The zero-order valence-corrected chi connectivity index (χ0v) is 16.7. The highest BCUT2D eigenvalue weighted by molar-refractivity contribution is 6.02. The first kappa shape index (κ1) is 19.6. The maximum Gasteiger partial charge on any atom is 0.228 e. The lowest BCUT2D eigenvalue weighted by atomic mass is 9.92. The van der Waals surface area contributed by atoms with Crippen LogP contribution < -0.4 is 10.2 Å². The number of aliphatic hydroxyl groups excluding tert-OH is 1. The van der Waals surface area contributed by atoms with Gasteiger partial charge in [0, 0.05) is 36.4 Å². The molecule has 2 aromatic rings. The van der Waals surface area contributed by atoms with E-state index in [4.69, 9.17) is 0 Å². The molecular weight excluding hydrogens is 364 g/mol. The average Bonchev–Trinajstić information content (AvgIpc) is 2.96. The van der Waals surface area contributed by atoms with Gasteiger partial charge in [-0.1, -0.05) is 12.1 Å². The Balaban J connectivity index is 1.29. The Hall–Kier alpha value is -2.66. The lowest BCUT2D eigenvalue weighted by Gasteiger charge is -2.23. The van der Waals surface area contributed by atoms with Crippen molar-refractivity contribution in [2.24, 2.45) is 5.92 Å². The minimum Gasteiger partial charge on any atom is -0.392 e. The van der Waals surface area contributed by atoms with Gasteiger partial charge in [0.2, 0.25) is 5.91 Å². The summed E-state index contributed by atoms with van der Waals surface area (Å²) in [5.74, 6) is 0.741. The number of hydrogen-bond acceptors (Lipinski definition) is 4. The van der Waals surface area contributed by atoms with Gasteiger partial charge in [-0.15, -0.1) is 0 Å². The van der Waals surface area contributed by atoms with Crippen LogP contribution in [0.25, 0.3) is 0 Å². The standard InChI is InChI=1S/C24H28N2O3/c27-16-18-3-7-21(8-4-18)26-12-1-2-17(11-13-26)5-10-23(28)19-6-9-22-20(14-19)15-24(29)25-22/h3-4,6-9,14,17,27H,1-2,5,10-13,15-16H2,(H,25,29). The lowest BCUT2D eigenvalue weighted by molar-refractivity contribution is -0.115. The molecule has 2 aromatic carbocycles. The van der Waals surface area contributed by atoms with E-state index >= 15 is 0 Å². The molecule has 0 saturated carbocycles. The number of amides is 1. The molecule has 2 heterocycles. The van der Waals surface area contributed by atoms with Crippen LogP contribution in [0.4, 0.5) is 11.4 Å². The van der Waals surface area contributed by atoms with Crippen molar-refractivity contribution >= 4 is 23.1 Å². The van der Waals surface area contributed by atoms with E-state index < -0.39 is 0 Å². The molecule has 1 saturated heterocycles. The van der Waals surface area contributed by atoms with Gasteiger partial charge in [-0.3, -0.25) is 9.59 Å². The van der Waals surface area contributed by atoms with Crippen LogP contribution in [0.1, 0.15) is 53.6 Å². The van der Waals surface area contributed by atoms with Gasteiger partial charge < -0.3 is 15.3 Å². The first-order valence-corrected chi connectivity index (χ1v) is 10.5. The summed E-state index contributed by atoms with van der Waals surface area (Å²) in [7, 11) is 0. The molecule has 2 N–H and O–H groups in total. The van der Waals surface area contributed by atoms with Gasteiger partial charge in [0.1, 0.15) is 0 Å². The number of nitrogens with zero attached hydrogens (tertiary/aromatic N) is 1. The number of benzene rings is 2. The quantitative estimate of drug-likeness (QED) is 0.731. The van der Waals surface area contributed by atoms with Crippen LogP contribution in [-0.4, -0.2) is 29.9 Å². The average molecular weight is 392 g/mol. The minimum absolute atomic E-state index is 0.00129. The van der Waals surface area contributed by atoms with Gasteiger partial charge in [-0.2, -0.15) is 0 Å². The highest BCUT2D eigenvalue weighted by Crippen LogP contribution is 2.28. The molecule has 2 aliphatic heterocycles. The van der Waals surface area contributed by atoms with Crippen LogP contribution in [-0.2, 0) is 17.8 Å². The van der Waals surface area contributed by atoms with E-state index in [0.29, 0.717) is 18.8 Å². The monoisotopic (exact) mass is 392 g/mol. The summed E-state index contributed by atoms with van der Waals surface area (Å²) in [6, 6.07) is 13.7. The number of fused-ring (bicyclic) bond motifs is 1. The Bertz CT molecular complexity index is 891. The molecule has 2 aliphatic rings. The van der Waals surface area contributed by atoms with Crippen molar-refractivity contribution in [2.75, 3.05) is 23.3 Å². The predicted molar refractivity (Wildman–Crippen MR) is 114 cm³/mol. The van der Waals surface area contributed by atoms with Gasteiger partial charge in [0.25, 0.3) is 0 Å². The third-order valence-corrected chi connectivity index (χ3v) is 6.16. The Morgan fingerprint density at radius 2 is 1.93 bits per heavy atom. The van der Waals surface area contributed by atoms with E-state index in [1.165, 1.54) is 5.69 Å². The number of aliphatic hydroxyl groups is 1. The number of nitrogens with one attached hydrogen (secondary N) is 1. The molecule has 0 bridgehead atoms. The van der Waals surface area contributed by atoms with Gasteiger partial charge in [-0.25, -0.2) is 0 Å². The van der Waals surface area contributed by atoms with E-state index in [-0.39, 0.29) is 18.3 Å². The molecule has 4 rings (SSSR count). The van der Waals surface area contributed by atoms with Crippen molar-refractivity contribution in [3.63, 3.8) is 0 Å². The number of rotatable bonds is 6. The third kappa shape index (κ3) is 4.67. The fourth-order valence-electron chi connectivity index (χ4n) is 4.41. The van der Waals surface area contributed by atoms with E-state index in [9.17, 15) is 14.7 Å². The van der Waals surface area contributed by atoms with E-state index in [1.54, 1.807) is 0 Å². The van der Waals surface area contributed by atoms with Crippen LogP contribution in [0.3, 0.4) is 0 Å². The Labute approximate surface area is 171 Å². The molecule has 0 aromatic heterocycles. The largest absolute Gasteiger partial charge is 0.392 e. The molecule has 1 amide bonds. The summed E-state index contributed by atoms with van der Waals surface area (Å²) in [6.45, 7) is 2.12. The molecule has 1 unspecified atom stereocenters. The number of Topliss-reactive ketones (excluding diaryl/α,β-unsaturated/α-hetero) is 1. The summed E-state index contributed by atoms with van der Waals surface area (Å²) in [6.07, 6.45) is 5.24. The fraction of sp³-hybridized carbons (Fsp3) is 0.417. The molecule has 152 valence electrons. The number of carbonyl (C=O) groups excluding carboxylic acids is 2. The van der Waals surface area contributed by atoms with Crippen LogP contribution >= 0.6 is 0 Å². The van der Waals surface area contributed by atoms with Crippen molar-refractivity contribution < 1.29 is 14.7 Å². The van der Waals surface area contributed by atoms with E-state index in [1.807, 2.05) is 30.3 Å². The van der Waals surface area contributed by atoms with Crippen molar-refractivity contribution in [2.45, 2.75) is 45.1 Å². The molecule has 5 heteroatoms. The highest BCUT2D eigenvalue weighted by atomic mass is 16.3. The maximum absolute atomic E-state index is 12.7. The summed E-state index contributed by atoms with van der Waals surface area (Å²) in [5, 5.41) is 12.0. The second kappa shape index (κ2) is 8.78. The summed E-state index contributed by atoms with van der Waals surface area (Å²) < 4.78 is 0. The van der Waals surface area contributed by atoms with Crippen molar-refractivity contribution in [3.8, 4) is 0 Å². The van der Waals surface area contributed by atoms with Crippen molar-refractivity contribution in [1.82, 2.24) is 0 Å². The van der Waals surface area contributed by atoms with Gasteiger partial charge in [-0.05, 0) is 73.1 Å². The Morgan fingerprint density at radius 3 is 2.72 bits per heavy atom. The number of anilines is 2. The van der Waals surface area contributed by atoms with Crippen LogP contribution in [0.5, 0.6) is 0 Å². The van der Waals surface area contributed by atoms with Crippen LogP contribution in [0.15, 0.2) is 42.5 Å². The minimum atomic E-state index is -0.00129. The Kier molecular flexibility index (Phi) is 5.95. The normalized spacial score (nSPS) is 18.9. The lowest BCUT2D eigenvalue weighted by Crippen LogP contribution is -2.24. The van der Waals surface area contributed by atoms with Crippen LogP contribution in [0, 0.1) is 5.92 Å². The fourth-order valence-corrected chi connectivity index (χ4v) is 4.41. The third-order valence-electron chi connectivity index (χ3n) is 6.16. The van der Waals surface area contributed by atoms with Gasteiger partial charge in [0.15, 0.2) is 5.78 Å². The molecular formula is C24H28N2O3. The topological polar surface area (TPSA) is 69.6 Å². The number of carbonyl (C=O) groups is 2. The number of ketones is 1. The van der Waals surface area contributed by atoms with Gasteiger partial charge >= 0.3 is 0 Å². The molecule has 29 heavy (non-hydrogen) atoms. The predicted octanol–water partition coefficient (Wildman–Crippen LogP) is 3.94. The van der Waals surface area contributed by atoms with Crippen LogP contribution in [0.2, 0.25) is 0 Å². The van der Waals surface area contributed by atoms with Crippen molar-refractivity contribution in [1.29, 1.82) is 0 Å². The highest BCUT2D eigenvalue weighted by Gasteiger charge is 2.21. The van der Waals surface area contributed by atoms with E-state index in [2.05, 4.69) is 22.3 Å². The molecule has 0 radical (unpaired) electrons. The second-order valence-electron chi connectivity index (χ2n) is 8.17.